The fourth-order valence-electron chi connectivity index (χ4n) is 2.24. The van der Waals surface area contributed by atoms with Gasteiger partial charge in [0.05, 0.1) is 0 Å². The van der Waals surface area contributed by atoms with Gasteiger partial charge in [0, 0.05) is 0 Å². The molecule has 2 aliphatic carbocycles. The van der Waals surface area contributed by atoms with Crippen LogP contribution in [0.3, 0.4) is 0 Å². The second kappa shape index (κ2) is 2.19. The van der Waals surface area contributed by atoms with Crippen LogP contribution in [-0.2, 0) is 0 Å². The summed E-state index contributed by atoms with van der Waals surface area (Å²) in [6.07, 6.45) is 6.90. The zero-order valence-electron chi connectivity index (χ0n) is 5.97. The molecule has 0 nitrogen and oxygen atoms in total. The van der Waals surface area contributed by atoms with Crippen LogP contribution in [0.1, 0.15) is 19.3 Å². The SMILES string of the molecule is CSCC1CCC2CC12. The topological polar surface area (TPSA) is 0 Å². The molecule has 3 unspecified atom stereocenters. The molecule has 2 rings (SSSR count). The minimum absolute atomic E-state index is 1.12. The summed E-state index contributed by atoms with van der Waals surface area (Å²) in [5, 5.41) is 0. The molecule has 0 aromatic heterocycles. The molecule has 0 N–H and O–H groups in total. The number of hydrogen-bond donors (Lipinski definition) is 0. The van der Waals surface area contributed by atoms with Crippen LogP contribution in [0, 0.1) is 17.8 Å². The van der Waals surface area contributed by atoms with Crippen molar-refractivity contribution >= 4 is 11.8 Å². The first-order chi connectivity index (χ1) is 4.42. The highest BCUT2D eigenvalue weighted by atomic mass is 32.2. The first-order valence-electron chi connectivity index (χ1n) is 3.90. The quantitative estimate of drug-likeness (QED) is 0.570. The fourth-order valence-corrected chi connectivity index (χ4v) is 3.09. The van der Waals surface area contributed by atoms with E-state index in [2.05, 4.69) is 6.26 Å². The van der Waals surface area contributed by atoms with Crippen LogP contribution in [0.2, 0.25) is 0 Å². The van der Waals surface area contributed by atoms with Gasteiger partial charge in [0.15, 0.2) is 0 Å². The Morgan fingerprint density at radius 3 is 2.78 bits per heavy atom. The van der Waals surface area contributed by atoms with Crippen molar-refractivity contribution < 1.29 is 0 Å². The third-order valence-corrected chi connectivity index (χ3v) is 3.63. The Morgan fingerprint density at radius 2 is 2.33 bits per heavy atom. The summed E-state index contributed by atoms with van der Waals surface area (Å²) >= 11 is 2.03. The van der Waals surface area contributed by atoms with E-state index in [4.69, 9.17) is 0 Å². The van der Waals surface area contributed by atoms with Crippen LogP contribution in [0.15, 0.2) is 0 Å². The van der Waals surface area contributed by atoms with Crippen molar-refractivity contribution in [1.82, 2.24) is 0 Å². The average molecular weight is 142 g/mol. The molecule has 3 atom stereocenters. The second-order valence-electron chi connectivity index (χ2n) is 3.45. The first kappa shape index (κ1) is 6.09. The van der Waals surface area contributed by atoms with Gasteiger partial charge < -0.3 is 0 Å². The minimum atomic E-state index is 1.12. The average Bonchev–Trinajstić information content (AvgIpc) is 2.54. The van der Waals surface area contributed by atoms with Crippen LogP contribution in [0.5, 0.6) is 0 Å². The van der Waals surface area contributed by atoms with E-state index in [-0.39, 0.29) is 0 Å². The highest BCUT2D eigenvalue weighted by molar-refractivity contribution is 7.98. The molecule has 52 valence electrons. The van der Waals surface area contributed by atoms with Gasteiger partial charge in [0.1, 0.15) is 0 Å². The standard InChI is InChI=1S/C8H14S/c1-9-5-7-3-2-6-4-8(6)7/h6-8H,2-5H2,1H3. The molecule has 9 heavy (non-hydrogen) atoms. The van der Waals surface area contributed by atoms with Gasteiger partial charge in [-0.25, -0.2) is 0 Å². The Kier molecular flexibility index (Phi) is 1.48. The predicted octanol–water partition coefficient (Wildman–Crippen LogP) is 2.40. The predicted molar refractivity (Wildman–Crippen MR) is 42.7 cm³/mol. The van der Waals surface area contributed by atoms with Crippen molar-refractivity contribution in [3.63, 3.8) is 0 Å². The van der Waals surface area contributed by atoms with Crippen molar-refractivity contribution in [1.29, 1.82) is 0 Å². The summed E-state index contributed by atoms with van der Waals surface area (Å²) in [5.74, 6) is 4.91. The molecular formula is C8H14S. The van der Waals surface area contributed by atoms with Gasteiger partial charge in [-0.15, -0.1) is 0 Å². The van der Waals surface area contributed by atoms with Crippen LogP contribution >= 0.6 is 11.8 Å². The zero-order valence-corrected chi connectivity index (χ0v) is 6.79. The molecule has 1 heteroatoms. The molecule has 0 heterocycles. The lowest BCUT2D eigenvalue weighted by atomic mass is 10.1. The smallest absolute Gasteiger partial charge is 0.00392 e. The molecule has 0 bridgehead atoms. The van der Waals surface area contributed by atoms with Crippen LogP contribution < -0.4 is 0 Å². The van der Waals surface area contributed by atoms with Gasteiger partial charge in [-0.3, -0.25) is 0 Å². The summed E-state index contributed by atoms with van der Waals surface area (Å²) in [5.41, 5.74) is 0. The highest BCUT2D eigenvalue weighted by Gasteiger charge is 2.47. The lowest BCUT2D eigenvalue weighted by Gasteiger charge is -2.07. The molecule has 0 saturated heterocycles. The highest BCUT2D eigenvalue weighted by Crippen LogP contribution is 2.55. The summed E-state index contributed by atoms with van der Waals surface area (Å²) < 4.78 is 0. The van der Waals surface area contributed by atoms with E-state index >= 15 is 0 Å². The molecule has 0 amide bonds. The first-order valence-corrected chi connectivity index (χ1v) is 5.30. The van der Waals surface area contributed by atoms with Crippen molar-refractivity contribution in [3.8, 4) is 0 Å². The van der Waals surface area contributed by atoms with Gasteiger partial charge >= 0.3 is 0 Å². The molecule has 2 fully saturated rings. The Hall–Kier alpha value is 0.350. The zero-order chi connectivity index (χ0) is 6.27. The van der Waals surface area contributed by atoms with E-state index in [1.54, 1.807) is 12.8 Å². The van der Waals surface area contributed by atoms with Gasteiger partial charge in [0.25, 0.3) is 0 Å². The third-order valence-electron chi connectivity index (χ3n) is 2.87. The minimum Gasteiger partial charge on any atom is -0.165 e. The van der Waals surface area contributed by atoms with E-state index in [1.165, 1.54) is 24.0 Å². The lowest BCUT2D eigenvalue weighted by molar-refractivity contribution is 0.540. The van der Waals surface area contributed by atoms with Gasteiger partial charge in [-0.05, 0) is 49.0 Å². The van der Waals surface area contributed by atoms with E-state index in [9.17, 15) is 0 Å². The monoisotopic (exact) mass is 142 g/mol. The Bertz CT molecular complexity index is 111. The number of thioether (sulfide) groups is 1. The Labute approximate surface area is 61.4 Å². The van der Waals surface area contributed by atoms with E-state index < -0.39 is 0 Å². The Balaban J connectivity index is 1.84. The van der Waals surface area contributed by atoms with Crippen molar-refractivity contribution in [2.75, 3.05) is 12.0 Å². The van der Waals surface area contributed by atoms with Gasteiger partial charge in [-0.1, -0.05) is 0 Å². The maximum Gasteiger partial charge on any atom is -0.00392 e. The summed E-state index contributed by atoms with van der Waals surface area (Å²) in [7, 11) is 0. The molecular weight excluding hydrogens is 128 g/mol. The molecule has 0 spiro atoms. The van der Waals surface area contributed by atoms with Crippen LogP contribution in [-0.4, -0.2) is 12.0 Å². The molecule has 0 aromatic rings. The van der Waals surface area contributed by atoms with Crippen molar-refractivity contribution in [2.24, 2.45) is 17.8 Å². The molecule has 2 aliphatic rings. The summed E-state index contributed by atoms with van der Waals surface area (Å²) in [6.45, 7) is 0. The normalized spacial score (nSPS) is 47.0. The van der Waals surface area contributed by atoms with Gasteiger partial charge in [0.2, 0.25) is 0 Å². The van der Waals surface area contributed by atoms with Crippen LogP contribution in [0.4, 0.5) is 0 Å². The van der Waals surface area contributed by atoms with Crippen molar-refractivity contribution in [2.45, 2.75) is 19.3 Å². The second-order valence-corrected chi connectivity index (χ2v) is 4.36. The maximum absolute atomic E-state index is 2.23. The number of rotatable bonds is 2. The van der Waals surface area contributed by atoms with Gasteiger partial charge in [-0.2, -0.15) is 11.8 Å². The molecule has 0 radical (unpaired) electrons. The summed E-state index contributed by atoms with van der Waals surface area (Å²) in [4.78, 5) is 0. The summed E-state index contributed by atoms with van der Waals surface area (Å²) in [6, 6.07) is 0. The van der Waals surface area contributed by atoms with E-state index in [0.717, 1.165) is 5.92 Å². The largest absolute Gasteiger partial charge is 0.165 e. The van der Waals surface area contributed by atoms with E-state index in [0.29, 0.717) is 0 Å². The number of fused-ring (bicyclic) bond motifs is 1. The molecule has 0 aromatic carbocycles. The third kappa shape index (κ3) is 1.000. The number of hydrogen-bond acceptors (Lipinski definition) is 1. The van der Waals surface area contributed by atoms with Crippen molar-refractivity contribution in [3.05, 3.63) is 0 Å². The molecule has 0 aliphatic heterocycles. The maximum atomic E-state index is 2.23. The van der Waals surface area contributed by atoms with Crippen LogP contribution in [0.25, 0.3) is 0 Å². The van der Waals surface area contributed by atoms with E-state index in [1.807, 2.05) is 11.8 Å². The molecule has 2 saturated carbocycles. The lowest BCUT2D eigenvalue weighted by Crippen LogP contribution is -2.00. The fraction of sp³-hybridized carbons (Fsp3) is 1.00. The Morgan fingerprint density at radius 1 is 1.44 bits per heavy atom.